The van der Waals surface area contributed by atoms with Crippen LogP contribution in [0.1, 0.15) is 175 Å². The van der Waals surface area contributed by atoms with Crippen LogP contribution >= 0.6 is 24.8 Å². The fourth-order valence-corrected chi connectivity index (χ4v) is 11.9. The zero-order chi connectivity index (χ0) is 63.1. The van der Waals surface area contributed by atoms with E-state index in [1.165, 1.54) is 96.3 Å². The molecule has 0 unspecified atom stereocenters. The van der Waals surface area contributed by atoms with E-state index in [1.54, 1.807) is 7.05 Å². The van der Waals surface area contributed by atoms with Crippen molar-refractivity contribution >= 4 is 75.1 Å². The lowest BCUT2D eigenvalue weighted by Crippen LogP contribution is -2.56. The second-order valence-electron chi connectivity index (χ2n) is 23.3. The molecule has 26 heteroatoms. The molecule has 0 N–H and O–H groups in total. The topological polar surface area (TPSA) is 263 Å². The molecule has 3 saturated carbocycles. The molecule has 88 heavy (non-hydrogen) atoms. The molecule has 512 valence electrons. The van der Waals surface area contributed by atoms with E-state index in [9.17, 15) is 25.9 Å². The van der Waals surface area contributed by atoms with E-state index in [1.807, 2.05) is 13.8 Å². The minimum atomic E-state index is -4.09. The molecule has 2 aliphatic heterocycles. The van der Waals surface area contributed by atoms with Gasteiger partial charge >= 0.3 is 0 Å². The molecular weight excluding hydrogens is 1200 g/mol. The molecule has 0 radical (unpaired) electrons. The monoisotopic (exact) mass is 1320 g/mol. The number of unbranched alkanes of at least 4 members (excludes halogenated alkanes) is 2. The smallest absolute Gasteiger partial charge is 0.102 e. The van der Waals surface area contributed by atoms with E-state index >= 15 is 0 Å². The number of hydrogen-bond acceptors (Lipinski definition) is 20. The highest BCUT2D eigenvalue weighted by atomic mass is 35.5. The minimum absolute atomic E-state index is 0. The van der Waals surface area contributed by atoms with E-state index in [0.717, 1.165) is 185 Å². The van der Waals surface area contributed by atoms with Crippen LogP contribution in [0.3, 0.4) is 0 Å². The largest absolute Gasteiger partial charge is 0.748 e. The van der Waals surface area contributed by atoms with Crippen LogP contribution in [-0.4, -0.2) is 270 Å². The van der Waals surface area contributed by atoms with Crippen molar-refractivity contribution in [1.82, 2.24) is 9.80 Å². The molecule has 0 amide bonds. The van der Waals surface area contributed by atoms with Crippen molar-refractivity contribution < 1.29 is 44.4 Å². The van der Waals surface area contributed by atoms with Crippen LogP contribution in [0.15, 0.2) is 49.9 Å². The summed E-state index contributed by atoms with van der Waals surface area (Å²) in [6.45, 7) is 28.2. The van der Waals surface area contributed by atoms with E-state index in [0.29, 0.717) is 37.5 Å². The summed E-state index contributed by atoms with van der Waals surface area (Å²) in [5.41, 5.74) is 0. The van der Waals surface area contributed by atoms with Gasteiger partial charge in [0.15, 0.2) is 0 Å². The highest BCUT2D eigenvalue weighted by Crippen LogP contribution is 2.22. The van der Waals surface area contributed by atoms with Crippen LogP contribution in [0.25, 0.3) is 0 Å². The van der Waals surface area contributed by atoms with Crippen molar-refractivity contribution in [2.75, 3.05) is 177 Å². The summed E-state index contributed by atoms with van der Waals surface area (Å²) in [5, 5.41) is 0. The fourth-order valence-electron chi connectivity index (χ4n) is 10.8. The normalized spacial score (nSPS) is 17.1. The zero-order valence-corrected chi connectivity index (χ0v) is 58.9. The molecule has 5 fully saturated rings. The van der Waals surface area contributed by atoms with E-state index in [4.69, 9.17) is 9.47 Å². The molecule has 0 spiro atoms. The predicted molar refractivity (Wildman–Crippen MR) is 364 cm³/mol. The van der Waals surface area contributed by atoms with Gasteiger partial charge in [0.1, 0.15) is 13.1 Å². The second kappa shape index (κ2) is 57.9. The molecule has 5 rings (SSSR count). The Morgan fingerprint density at radius 1 is 0.511 bits per heavy atom. The van der Waals surface area contributed by atoms with Crippen LogP contribution < -0.4 is 0 Å². The SMILES string of the molecule is C(=NC1CCCCC1)=NC1CCCCC1.CCN=C=NCCCN(C)C.CCN=C=NCCCN1CCOCC1.CC[N+](CC)(CCCCS(=O)(=O)[O-])CCCN=C=NC1CCCCC1.CN=C=NCCC[N+]1(CCCCS(=O)(=O)[O-])CCOCC1.Cl.Cl. The number of nitrogens with zero attached hydrogens (tertiary/aromatic N) is 14. The van der Waals surface area contributed by atoms with E-state index < -0.39 is 20.2 Å². The van der Waals surface area contributed by atoms with Crippen molar-refractivity contribution in [3.63, 3.8) is 0 Å². The average molecular weight is 1320 g/mol. The van der Waals surface area contributed by atoms with Gasteiger partial charge in [-0.25, -0.2) is 66.8 Å². The summed E-state index contributed by atoms with van der Waals surface area (Å²) in [5.74, 6) is -0.511. The summed E-state index contributed by atoms with van der Waals surface area (Å²) < 4.78 is 76.5. The van der Waals surface area contributed by atoms with Gasteiger partial charge < -0.3 is 32.4 Å². The standard InChI is InChI=1S/C18H35N3O3S.C13H25N3O4S.C13H22N2.C10H19N3O.C8H17N3.2ClH/c1-3-21(4-2,14-8-9-16-25(22,23)24)15-10-13-19-17-20-18-11-6-5-7-12-18;1-14-13-15-5-4-7-16(8-10-20-11-9-16)6-2-3-12-21(17,18)19;1-3-7-12(8-4-1)14-11-15-13-9-5-2-6-10-13;1-2-11-10-12-4-3-5-13-6-8-14-9-7-13;1-4-9-8-10-6-5-7-11(2)3;;/h18H,3-16H2,1-2H3;2-12H2,1H3;12-13H,1-10H2;2-9H2,1H3;4-7H2,1-3H3;2*1H. The Bertz CT molecular complexity index is 2220. The third kappa shape index (κ3) is 52.7. The van der Waals surface area contributed by atoms with Crippen LogP contribution in [0.2, 0.25) is 0 Å². The molecule has 3 aliphatic carbocycles. The molecule has 2 saturated heterocycles. The number of quaternary nitrogens is 2. The van der Waals surface area contributed by atoms with Gasteiger partial charge in [0.05, 0.1) is 160 Å². The number of ether oxygens (including phenoxy) is 2. The van der Waals surface area contributed by atoms with Gasteiger partial charge in [-0.3, -0.25) is 4.90 Å². The molecule has 2 heterocycles. The van der Waals surface area contributed by atoms with Crippen LogP contribution in [-0.2, 0) is 29.7 Å². The Hall–Kier alpha value is -2.94. The summed E-state index contributed by atoms with van der Waals surface area (Å²) in [7, 11) is -2.41. The summed E-state index contributed by atoms with van der Waals surface area (Å²) in [6, 6.07) is 15.3. The summed E-state index contributed by atoms with van der Waals surface area (Å²) in [4.78, 5) is 45.8. The van der Waals surface area contributed by atoms with Crippen molar-refractivity contribution in [1.29, 1.82) is 0 Å². The molecule has 22 nitrogen and oxygen atoms in total. The fraction of sp³-hybridized carbons (Fsp3) is 0.919. The maximum absolute atomic E-state index is 10.7. The number of hydrogen-bond donors (Lipinski definition) is 0. The Morgan fingerprint density at radius 3 is 1.41 bits per heavy atom. The third-order valence-corrected chi connectivity index (χ3v) is 17.7. The Labute approximate surface area is 546 Å². The number of aliphatic imine (C=N–C) groups is 10. The zero-order valence-electron chi connectivity index (χ0n) is 55.6. The first-order valence-corrected chi connectivity index (χ1v) is 36.2. The number of rotatable bonds is 33. The summed E-state index contributed by atoms with van der Waals surface area (Å²) >= 11 is 0. The van der Waals surface area contributed by atoms with Crippen molar-refractivity contribution in [2.24, 2.45) is 49.9 Å². The quantitative estimate of drug-likeness (QED) is 0.0260. The highest BCUT2D eigenvalue weighted by molar-refractivity contribution is 7.85. The third-order valence-electron chi connectivity index (χ3n) is 16.1. The van der Waals surface area contributed by atoms with Crippen molar-refractivity contribution in [3.05, 3.63) is 0 Å². The lowest BCUT2D eigenvalue weighted by molar-refractivity contribution is -0.935. The van der Waals surface area contributed by atoms with Crippen LogP contribution in [0.5, 0.6) is 0 Å². The maximum atomic E-state index is 10.7. The van der Waals surface area contributed by atoms with E-state index in [-0.39, 0.29) is 36.3 Å². The van der Waals surface area contributed by atoms with Gasteiger partial charge in [-0.05, 0) is 125 Å². The molecule has 0 aromatic carbocycles. The van der Waals surface area contributed by atoms with Gasteiger partial charge in [-0.15, -0.1) is 24.8 Å². The van der Waals surface area contributed by atoms with Gasteiger partial charge in [-0.2, -0.15) is 0 Å². The van der Waals surface area contributed by atoms with Gasteiger partial charge in [0.25, 0.3) is 0 Å². The van der Waals surface area contributed by atoms with Gasteiger partial charge in [0, 0.05) is 64.1 Å². The Morgan fingerprint density at radius 2 is 0.932 bits per heavy atom. The molecule has 0 aromatic rings. The van der Waals surface area contributed by atoms with Gasteiger partial charge in [-0.1, -0.05) is 57.8 Å². The number of morpholine rings is 2. The predicted octanol–water partition coefficient (Wildman–Crippen LogP) is 10.1. The van der Waals surface area contributed by atoms with E-state index in [2.05, 4.69) is 118 Å². The summed E-state index contributed by atoms with van der Waals surface area (Å²) in [6.07, 6.45) is 25.9. The maximum Gasteiger partial charge on any atom is 0.102 e. The lowest BCUT2D eigenvalue weighted by atomic mass is 9.96. The molecule has 5 aliphatic rings. The number of halogens is 2. The molecule has 0 aromatic heterocycles. The average Bonchev–Trinajstić information content (AvgIpc) is 3.68. The minimum Gasteiger partial charge on any atom is -0.748 e. The molecule has 0 atom stereocenters. The molecule has 0 bridgehead atoms. The first kappa shape index (κ1) is 87.1. The first-order chi connectivity index (χ1) is 41.5. The van der Waals surface area contributed by atoms with Crippen molar-refractivity contribution in [3.8, 4) is 0 Å². The Kier molecular flexibility index (Phi) is 57.3. The highest BCUT2D eigenvalue weighted by Gasteiger charge is 2.29. The van der Waals surface area contributed by atoms with Crippen LogP contribution in [0.4, 0.5) is 0 Å². The van der Waals surface area contributed by atoms with Gasteiger partial charge in [0.2, 0.25) is 0 Å². The van der Waals surface area contributed by atoms with Crippen LogP contribution in [0, 0.1) is 0 Å². The van der Waals surface area contributed by atoms with Crippen molar-refractivity contribution in [2.45, 2.75) is 193 Å². The Balaban J connectivity index is 0. The second-order valence-corrected chi connectivity index (χ2v) is 26.4. The lowest BCUT2D eigenvalue weighted by Gasteiger charge is -2.41. The molecular formula is C62H120Cl2N14O8S2. The first-order valence-electron chi connectivity index (χ1n) is 33.1.